The standard InChI is InChI=1S/C22H48N2O/c1-2-3-4-5-6-7-8-9-10-11-12-13-14-15-21-25-22-17-20-24-19-16-18-23/h24H,2-23H2,1H3. The Hall–Kier alpha value is -0.120. The van der Waals surface area contributed by atoms with Gasteiger partial charge in [-0.25, -0.2) is 0 Å². The summed E-state index contributed by atoms with van der Waals surface area (Å²) in [5.74, 6) is 0. The minimum atomic E-state index is 0.780. The zero-order valence-electron chi connectivity index (χ0n) is 17.3. The van der Waals surface area contributed by atoms with Crippen LogP contribution < -0.4 is 11.1 Å². The van der Waals surface area contributed by atoms with Crippen molar-refractivity contribution in [2.24, 2.45) is 5.73 Å². The monoisotopic (exact) mass is 356 g/mol. The molecule has 0 heterocycles. The highest BCUT2D eigenvalue weighted by Crippen LogP contribution is 2.12. The summed E-state index contributed by atoms with van der Waals surface area (Å²) in [4.78, 5) is 0. The normalized spacial score (nSPS) is 11.3. The van der Waals surface area contributed by atoms with E-state index in [9.17, 15) is 0 Å². The van der Waals surface area contributed by atoms with Gasteiger partial charge in [0.15, 0.2) is 0 Å². The van der Waals surface area contributed by atoms with E-state index < -0.39 is 0 Å². The Bertz CT molecular complexity index is 202. The maximum atomic E-state index is 5.68. The molecule has 0 aliphatic heterocycles. The molecule has 0 spiro atoms. The molecule has 0 fully saturated rings. The van der Waals surface area contributed by atoms with Crippen LogP contribution in [0.25, 0.3) is 0 Å². The SMILES string of the molecule is CCCCCCCCCCCCCCCCOCCCNCCCN. The molecule has 0 aliphatic rings. The third-order valence-corrected chi connectivity index (χ3v) is 4.84. The topological polar surface area (TPSA) is 47.3 Å². The molecule has 3 nitrogen and oxygen atoms in total. The quantitative estimate of drug-likeness (QED) is 0.241. The van der Waals surface area contributed by atoms with Crippen molar-refractivity contribution in [2.45, 2.75) is 110 Å². The second-order valence-corrected chi connectivity index (χ2v) is 7.45. The average molecular weight is 357 g/mol. The van der Waals surface area contributed by atoms with Gasteiger partial charge < -0.3 is 15.8 Å². The largest absolute Gasteiger partial charge is 0.381 e. The van der Waals surface area contributed by atoms with Gasteiger partial charge in [0.1, 0.15) is 0 Å². The molecule has 3 N–H and O–H groups in total. The van der Waals surface area contributed by atoms with Crippen molar-refractivity contribution in [1.29, 1.82) is 0 Å². The lowest BCUT2D eigenvalue weighted by molar-refractivity contribution is 0.127. The van der Waals surface area contributed by atoms with Gasteiger partial charge in [-0.3, -0.25) is 0 Å². The Kier molecular flexibility index (Phi) is 23.8. The average Bonchev–Trinajstić information content (AvgIpc) is 2.63. The van der Waals surface area contributed by atoms with Crippen molar-refractivity contribution in [3.05, 3.63) is 0 Å². The number of ether oxygens (including phenoxy) is 1. The molecule has 3 heteroatoms. The third-order valence-electron chi connectivity index (χ3n) is 4.84. The van der Waals surface area contributed by atoms with E-state index in [1.165, 1.54) is 89.9 Å². The van der Waals surface area contributed by atoms with Crippen molar-refractivity contribution in [2.75, 3.05) is 32.8 Å². The first-order valence-electron chi connectivity index (χ1n) is 11.4. The van der Waals surface area contributed by atoms with Crippen molar-refractivity contribution in [3.8, 4) is 0 Å². The fraction of sp³-hybridized carbons (Fsp3) is 1.00. The minimum Gasteiger partial charge on any atom is -0.381 e. The Labute approximate surface area is 158 Å². The highest BCUT2D eigenvalue weighted by atomic mass is 16.5. The third kappa shape index (κ3) is 23.9. The first kappa shape index (κ1) is 24.9. The van der Waals surface area contributed by atoms with Crippen molar-refractivity contribution >= 4 is 0 Å². The molecule has 152 valence electrons. The van der Waals surface area contributed by atoms with Crippen LogP contribution in [-0.4, -0.2) is 32.8 Å². The maximum absolute atomic E-state index is 5.68. The van der Waals surface area contributed by atoms with E-state index in [0.717, 1.165) is 45.7 Å². The lowest BCUT2D eigenvalue weighted by Gasteiger charge is -2.06. The lowest BCUT2D eigenvalue weighted by Crippen LogP contribution is -2.20. The second-order valence-electron chi connectivity index (χ2n) is 7.45. The summed E-state index contributed by atoms with van der Waals surface area (Å²) in [6.07, 6.45) is 22.0. The molecule has 0 amide bonds. The summed E-state index contributed by atoms with van der Waals surface area (Å²) in [6, 6.07) is 0. The van der Waals surface area contributed by atoms with Crippen molar-refractivity contribution < 1.29 is 4.74 Å². The van der Waals surface area contributed by atoms with Gasteiger partial charge in [0.25, 0.3) is 0 Å². The maximum Gasteiger partial charge on any atom is 0.0478 e. The number of hydrogen-bond acceptors (Lipinski definition) is 3. The molecule has 0 unspecified atom stereocenters. The van der Waals surface area contributed by atoms with Gasteiger partial charge in [0.2, 0.25) is 0 Å². The van der Waals surface area contributed by atoms with Gasteiger partial charge in [0.05, 0.1) is 0 Å². The first-order valence-corrected chi connectivity index (χ1v) is 11.4. The Morgan fingerprint density at radius 1 is 0.560 bits per heavy atom. The van der Waals surface area contributed by atoms with E-state index in [0.29, 0.717) is 0 Å². The number of nitrogens with one attached hydrogen (secondary N) is 1. The van der Waals surface area contributed by atoms with Crippen LogP contribution in [-0.2, 0) is 4.74 Å². The first-order chi connectivity index (χ1) is 12.4. The summed E-state index contributed by atoms with van der Waals surface area (Å²) in [7, 11) is 0. The molecular formula is C22H48N2O. The van der Waals surface area contributed by atoms with Gasteiger partial charge in [-0.05, 0) is 38.9 Å². The number of hydrogen-bond donors (Lipinski definition) is 2. The number of unbranched alkanes of at least 4 members (excludes halogenated alkanes) is 13. The predicted octanol–water partition coefficient (Wildman–Crippen LogP) is 5.81. The van der Waals surface area contributed by atoms with E-state index >= 15 is 0 Å². The van der Waals surface area contributed by atoms with E-state index in [2.05, 4.69) is 12.2 Å². The highest BCUT2D eigenvalue weighted by Gasteiger charge is 1.95. The molecule has 0 aromatic heterocycles. The van der Waals surface area contributed by atoms with E-state index in [1.54, 1.807) is 0 Å². The van der Waals surface area contributed by atoms with Crippen LogP contribution in [0.2, 0.25) is 0 Å². The predicted molar refractivity (Wildman–Crippen MR) is 112 cm³/mol. The van der Waals surface area contributed by atoms with Crippen molar-refractivity contribution in [3.63, 3.8) is 0 Å². The Morgan fingerprint density at radius 3 is 1.52 bits per heavy atom. The number of nitrogens with two attached hydrogens (primary N) is 1. The fourth-order valence-electron chi connectivity index (χ4n) is 3.15. The van der Waals surface area contributed by atoms with Crippen LogP contribution in [0.4, 0.5) is 0 Å². The van der Waals surface area contributed by atoms with Gasteiger partial charge in [0, 0.05) is 13.2 Å². The molecule has 0 bridgehead atoms. The Balaban J connectivity index is 2.94. The molecule has 0 saturated heterocycles. The zero-order chi connectivity index (χ0) is 18.3. The second kappa shape index (κ2) is 23.9. The number of rotatable bonds is 22. The zero-order valence-corrected chi connectivity index (χ0v) is 17.3. The summed E-state index contributed by atoms with van der Waals surface area (Å²) < 4.78 is 5.68. The van der Waals surface area contributed by atoms with Gasteiger partial charge in [-0.1, -0.05) is 90.4 Å². The summed E-state index contributed by atoms with van der Waals surface area (Å²) in [6.45, 7) is 7.00. The van der Waals surface area contributed by atoms with Crippen LogP contribution in [0.15, 0.2) is 0 Å². The van der Waals surface area contributed by atoms with E-state index in [1.807, 2.05) is 0 Å². The fourth-order valence-corrected chi connectivity index (χ4v) is 3.15. The van der Waals surface area contributed by atoms with Gasteiger partial charge in [-0.15, -0.1) is 0 Å². The highest BCUT2D eigenvalue weighted by molar-refractivity contribution is 4.50. The molecule has 0 rings (SSSR count). The Morgan fingerprint density at radius 2 is 1.00 bits per heavy atom. The van der Waals surface area contributed by atoms with Crippen molar-refractivity contribution in [1.82, 2.24) is 5.32 Å². The molecule has 25 heavy (non-hydrogen) atoms. The van der Waals surface area contributed by atoms with E-state index in [-0.39, 0.29) is 0 Å². The molecule has 0 radical (unpaired) electrons. The van der Waals surface area contributed by atoms with Crippen LogP contribution in [0.1, 0.15) is 110 Å². The lowest BCUT2D eigenvalue weighted by atomic mass is 10.0. The van der Waals surface area contributed by atoms with Crippen LogP contribution in [0.3, 0.4) is 0 Å². The molecular weight excluding hydrogens is 308 g/mol. The van der Waals surface area contributed by atoms with Crippen LogP contribution >= 0.6 is 0 Å². The van der Waals surface area contributed by atoms with Crippen LogP contribution in [0.5, 0.6) is 0 Å². The summed E-state index contributed by atoms with van der Waals surface area (Å²) in [5, 5.41) is 3.38. The summed E-state index contributed by atoms with van der Waals surface area (Å²) >= 11 is 0. The smallest absolute Gasteiger partial charge is 0.0478 e. The summed E-state index contributed by atoms with van der Waals surface area (Å²) in [5.41, 5.74) is 5.45. The van der Waals surface area contributed by atoms with E-state index in [4.69, 9.17) is 10.5 Å². The molecule has 0 saturated carbocycles. The van der Waals surface area contributed by atoms with Crippen LogP contribution in [0, 0.1) is 0 Å². The molecule has 0 atom stereocenters. The molecule has 0 aromatic carbocycles. The minimum absolute atomic E-state index is 0.780. The molecule has 0 aliphatic carbocycles. The van der Waals surface area contributed by atoms with Gasteiger partial charge >= 0.3 is 0 Å². The van der Waals surface area contributed by atoms with Gasteiger partial charge in [-0.2, -0.15) is 0 Å². The molecule has 0 aromatic rings.